The van der Waals surface area contributed by atoms with Crippen LogP contribution >= 0.6 is 0 Å². The number of para-hydroxylation sites is 1. The molecule has 0 spiro atoms. The molecule has 0 aliphatic rings. The van der Waals surface area contributed by atoms with Gasteiger partial charge in [-0.2, -0.15) is 0 Å². The molecule has 0 aliphatic heterocycles. The summed E-state index contributed by atoms with van der Waals surface area (Å²) < 4.78 is 1.58. The zero-order valence-electron chi connectivity index (χ0n) is 13.5. The maximum Gasteiger partial charge on any atom is 0.326 e. The predicted molar refractivity (Wildman–Crippen MR) is 99.6 cm³/mol. The number of aryl methyl sites for hydroxylation is 1. The average molecular weight is 326 g/mol. The van der Waals surface area contributed by atoms with Crippen LogP contribution in [0.25, 0.3) is 44.0 Å². The quantitative estimate of drug-likeness (QED) is 0.511. The van der Waals surface area contributed by atoms with Gasteiger partial charge in [-0.15, -0.1) is 0 Å². The fourth-order valence-electron chi connectivity index (χ4n) is 3.28. The van der Waals surface area contributed by atoms with Crippen molar-refractivity contribution in [1.29, 1.82) is 0 Å². The Kier molecular flexibility index (Phi) is 2.79. The van der Waals surface area contributed by atoms with Crippen molar-refractivity contribution in [1.82, 2.24) is 19.5 Å². The summed E-state index contributed by atoms with van der Waals surface area (Å²) in [5.74, 6) is 0. The highest BCUT2D eigenvalue weighted by Crippen LogP contribution is 2.28. The summed E-state index contributed by atoms with van der Waals surface area (Å²) in [5, 5.41) is 2.03. The molecule has 5 aromatic rings. The Labute approximate surface area is 142 Å². The maximum absolute atomic E-state index is 12.0. The lowest BCUT2D eigenvalue weighted by Crippen LogP contribution is -2.11. The van der Waals surface area contributed by atoms with Crippen molar-refractivity contribution in [2.24, 2.45) is 7.05 Å². The van der Waals surface area contributed by atoms with E-state index in [1.54, 1.807) is 17.8 Å². The summed E-state index contributed by atoms with van der Waals surface area (Å²) in [4.78, 5) is 23.9. The van der Waals surface area contributed by atoms with Crippen LogP contribution < -0.4 is 5.69 Å². The number of H-pyrrole nitrogens is 1. The second-order valence-electron chi connectivity index (χ2n) is 6.16. The molecule has 0 amide bonds. The number of aromatic nitrogens is 4. The molecule has 5 heteroatoms. The number of hydrogen-bond donors (Lipinski definition) is 1. The third kappa shape index (κ3) is 2.06. The summed E-state index contributed by atoms with van der Waals surface area (Å²) in [6.07, 6.45) is 3.61. The standard InChI is InChI=1S/C20H14N4O/c1-24-18-11-22-17-7-6-12(9-15(17)19(18)23-20(24)25)14-8-13-4-2-3-5-16(13)21-10-14/h2-11H,1H3,(H,23,25). The minimum atomic E-state index is -0.137. The van der Waals surface area contributed by atoms with Gasteiger partial charge in [0.1, 0.15) is 0 Å². The third-order valence-corrected chi connectivity index (χ3v) is 4.67. The maximum atomic E-state index is 12.0. The molecule has 120 valence electrons. The second kappa shape index (κ2) is 5.01. The lowest BCUT2D eigenvalue weighted by Gasteiger charge is -2.06. The van der Waals surface area contributed by atoms with Crippen molar-refractivity contribution in [2.75, 3.05) is 0 Å². The smallest absolute Gasteiger partial charge is 0.305 e. The van der Waals surface area contributed by atoms with Gasteiger partial charge in [-0.3, -0.25) is 14.5 Å². The first-order chi connectivity index (χ1) is 12.2. The summed E-state index contributed by atoms with van der Waals surface area (Å²) in [5.41, 5.74) is 5.39. The molecule has 25 heavy (non-hydrogen) atoms. The Morgan fingerprint density at radius 3 is 2.68 bits per heavy atom. The van der Waals surface area contributed by atoms with Gasteiger partial charge in [-0.25, -0.2) is 4.79 Å². The molecule has 0 saturated carbocycles. The van der Waals surface area contributed by atoms with Crippen LogP contribution in [0.4, 0.5) is 0 Å². The number of hydrogen-bond acceptors (Lipinski definition) is 3. The van der Waals surface area contributed by atoms with Gasteiger partial charge < -0.3 is 4.98 Å². The molecule has 0 radical (unpaired) electrons. The number of nitrogens with one attached hydrogen (secondary N) is 1. The van der Waals surface area contributed by atoms with E-state index >= 15 is 0 Å². The van der Waals surface area contributed by atoms with Crippen molar-refractivity contribution in [2.45, 2.75) is 0 Å². The van der Waals surface area contributed by atoms with Crippen LogP contribution in [-0.4, -0.2) is 19.5 Å². The fraction of sp³-hybridized carbons (Fsp3) is 0.0500. The summed E-state index contributed by atoms with van der Waals surface area (Å²) >= 11 is 0. The number of nitrogens with zero attached hydrogens (tertiary/aromatic N) is 3. The van der Waals surface area contributed by atoms with Crippen LogP contribution in [0.3, 0.4) is 0 Å². The lowest BCUT2D eigenvalue weighted by atomic mass is 10.0. The van der Waals surface area contributed by atoms with Crippen LogP contribution in [0.2, 0.25) is 0 Å². The molecule has 0 unspecified atom stereocenters. The first-order valence-electron chi connectivity index (χ1n) is 8.03. The topological polar surface area (TPSA) is 63.6 Å². The van der Waals surface area contributed by atoms with Crippen LogP contribution in [-0.2, 0) is 7.05 Å². The first-order valence-corrected chi connectivity index (χ1v) is 8.03. The van der Waals surface area contributed by atoms with Gasteiger partial charge in [0.2, 0.25) is 0 Å². The van der Waals surface area contributed by atoms with Crippen LogP contribution in [0.1, 0.15) is 0 Å². The van der Waals surface area contributed by atoms with Gasteiger partial charge in [0.15, 0.2) is 0 Å². The highest BCUT2D eigenvalue weighted by molar-refractivity contribution is 6.03. The van der Waals surface area contributed by atoms with E-state index in [9.17, 15) is 4.79 Å². The average Bonchev–Trinajstić information content (AvgIpc) is 2.95. The van der Waals surface area contributed by atoms with Crippen LogP contribution in [0.5, 0.6) is 0 Å². The Hall–Kier alpha value is -3.47. The Morgan fingerprint density at radius 2 is 1.76 bits per heavy atom. The first kappa shape index (κ1) is 13.9. The number of rotatable bonds is 1. The molecule has 5 rings (SSSR count). The summed E-state index contributed by atoms with van der Waals surface area (Å²) in [6.45, 7) is 0. The van der Waals surface area contributed by atoms with Gasteiger partial charge in [0.05, 0.1) is 28.3 Å². The molecule has 0 bridgehead atoms. The number of aromatic amines is 1. The van der Waals surface area contributed by atoms with Gasteiger partial charge in [0.25, 0.3) is 0 Å². The Morgan fingerprint density at radius 1 is 0.920 bits per heavy atom. The molecule has 3 heterocycles. The van der Waals surface area contributed by atoms with Gasteiger partial charge in [-0.1, -0.05) is 24.3 Å². The summed E-state index contributed by atoms with van der Waals surface area (Å²) in [7, 11) is 1.74. The second-order valence-corrected chi connectivity index (χ2v) is 6.16. The molecule has 2 aromatic carbocycles. The highest BCUT2D eigenvalue weighted by atomic mass is 16.1. The van der Waals surface area contributed by atoms with E-state index in [0.717, 1.165) is 44.0 Å². The minimum Gasteiger partial charge on any atom is -0.305 e. The number of fused-ring (bicyclic) bond motifs is 4. The number of benzene rings is 2. The van der Waals surface area contributed by atoms with Gasteiger partial charge in [0, 0.05) is 29.6 Å². The minimum absolute atomic E-state index is 0.137. The van der Waals surface area contributed by atoms with Crippen molar-refractivity contribution in [3.8, 4) is 11.1 Å². The highest BCUT2D eigenvalue weighted by Gasteiger charge is 2.10. The van der Waals surface area contributed by atoms with E-state index < -0.39 is 0 Å². The molecule has 5 nitrogen and oxygen atoms in total. The molecule has 0 fully saturated rings. The predicted octanol–water partition coefficient (Wildman–Crippen LogP) is 3.63. The van der Waals surface area contributed by atoms with E-state index in [0.29, 0.717) is 0 Å². The van der Waals surface area contributed by atoms with Gasteiger partial charge in [-0.05, 0) is 29.8 Å². The van der Waals surface area contributed by atoms with Crippen molar-refractivity contribution < 1.29 is 0 Å². The Bertz CT molecular complexity index is 1330. The molecule has 3 aromatic heterocycles. The molecular formula is C20H14N4O. The zero-order valence-corrected chi connectivity index (χ0v) is 13.5. The fourth-order valence-corrected chi connectivity index (χ4v) is 3.28. The van der Waals surface area contributed by atoms with E-state index in [2.05, 4.69) is 33.2 Å². The molecule has 0 saturated heterocycles. The molecule has 0 aliphatic carbocycles. The van der Waals surface area contributed by atoms with Crippen LogP contribution in [0.15, 0.2) is 65.7 Å². The molecular weight excluding hydrogens is 312 g/mol. The van der Waals surface area contributed by atoms with E-state index in [-0.39, 0.29) is 5.69 Å². The van der Waals surface area contributed by atoms with E-state index in [1.807, 2.05) is 36.5 Å². The van der Waals surface area contributed by atoms with E-state index in [1.165, 1.54) is 0 Å². The SMILES string of the molecule is Cn1c(=O)[nH]c2c3cc(-c4cnc5ccccc5c4)ccc3ncc21. The van der Waals surface area contributed by atoms with Gasteiger partial charge >= 0.3 is 5.69 Å². The molecule has 1 N–H and O–H groups in total. The lowest BCUT2D eigenvalue weighted by molar-refractivity contribution is 0.890. The van der Waals surface area contributed by atoms with Crippen molar-refractivity contribution >= 4 is 32.8 Å². The zero-order chi connectivity index (χ0) is 17.0. The van der Waals surface area contributed by atoms with Crippen LogP contribution in [0, 0.1) is 0 Å². The monoisotopic (exact) mass is 326 g/mol. The third-order valence-electron chi connectivity index (χ3n) is 4.67. The van der Waals surface area contributed by atoms with Crippen molar-refractivity contribution in [3.05, 3.63) is 71.4 Å². The molecule has 0 atom stereocenters. The largest absolute Gasteiger partial charge is 0.326 e. The van der Waals surface area contributed by atoms with E-state index in [4.69, 9.17) is 0 Å². The number of pyridine rings is 2. The normalized spacial score (nSPS) is 11.6. The summed E-state index contributed by atoms with van der Waals surface area (Å²) in [6, 6.07) is 16.3. The van der Waals surface area contributed by atoms with Crippen molar-refractivity contribution in [3.63, 3.8) is 0 Å². The number of imidazole rings is 1. The Balaban J connectivity index is 1.79.